The number of carbonyl (C=O) groups excluding carboxylic acids is 1. The van der Waals surface area contributed by atoms with Gasteiger partial charge in [-0.15, -0.1) is 24.0 Å². The fourth-order valence-electron chi connectivity index (χ4n) is 3.48. The maximum absolute atomic E-state index is 12.0. The number of ether oxygens (including phenoxy) is 3. The van der Waals surface area contributed by atoms with Crippen LogP contribution in [0.25, 0.3) is 0 Å². The molecule has 0 saturated carbocycles. The Morgan fingerprint density at radius 3 is 2.81 bits per heavy atom. The van der Waals surface area contributed by atoms with Crippen molar-refractivity contribution in [1.82, 2.24) is 25.4 Å². The molecule has 0 fully saturated rings. The molecule has 2 heterocycles. The van der Waals surface area contributed by atoms with Crippen molar-refractivity contribution in [1.29, 1.82) is 0 Å². The molecule has 32 heavy (non-hydrogen) atoms. The molecular weight excluding hydrogens is 527 g/mol. The summed E-state index contributed by atoms with van der Waals surface area (Å²) in [5.74, 6) is 2.44. The lowest BCUT2D eigenvalue weighted by Gasteiger charge is -2.25. The summed E-state index contributed by atoms with van der Waals surface area (Å²) in [5, 5.41) is 11.3. The molecule has 1 aliphatic heterocycles. The molecule has 2 N–H and O–H groups in total. The molecule has 3 rings (SSSR count). The van der Waals surface area contributed by atoms with E-state index in [-0.39, 0.29) is 30.0 Å². The Bertz CT molecular complexity index is 933. The number of halogens is 1. The van der Waals surface area contributed by atoms with E-state index < -0.39 is 5.97 Å². The van der Waals surface area contributed by atoms with Gasteiger partial charge in [-0.1, -0.05) is 6.07 Å². The summed E-state index contributed by atoms with van der Waals surface area (Å²) in [6.07, 6.45) is 1.78. The van der Waals surface area contributed by atoms with Gasteiger partial charge < -0.3 is 24.8 Å². The van der Waals surface area contributed by atoms with Crippen LogP contribution in [0.15, 0.2) is 23.2 Å². The van der Waals surface area contributed by atoms with Crippen molar-refractivity contribution < 1.29 is 19.0 Å². The van der Waals surface area contributed by atoms with E-state index >= 15 is 0 Å². The topological polar surface area (TPSA) is 112 Å². The van der Waals surface area contributed by atoms with Gasteiger partial charge in [0.2, 0.25) is 0 Å². The molecule has 1 unspecified atom stereocenters. The molecule has 1 aliphatic rings. The first-order chi connectivity index (χ1) is 15.1. The fourth-order valence-corrected chi connectivity index (χ4v) is 3.48. The molecule has 0 spiro atoms. The highest BCUT2D eigenvalue weighted by atomic mass is 127. The third-order valence-electron chi connectivity index (χ3n) is 4.95. The Morgan fingerprint density at radius 2 is 2.12 bits per heavy atom. The number of esters is 1. The second kappa shape index (κ2) is 12.6. The van der Waals surface area contributed by atoms with Gasteiger partial charge in [-0.25, -0.2) is 19.5 Å². The minimum absolute atomic E-state index is 0. The van der Waals surface area contributed by atoms with Crippen LogP contribution in [-0.2, 0) is 35.6 Å². The van der Waals surface area contributed by atoms with Crippen molar-refractivity contribution in [2.75, 3.05) is 27.9 Å². The zero-order chi connectivity index (χ0) is 22.2. The third-order valence-corrected chi connectivity index (χ3v) is 4.95. The molecule has 176 valence electrons. The lowest BCUT2D eigenvalue weighted by molar-refractivity contribution is 0.0597. The highest BCUT2D eigenvalue weighted by Gasteiger charge is 2.22. The average molecular weight is 558 g/mol. The minimum Gasteiger partial charge on any atom is -0.496 e. The van der Waals surface area contributed by atoms with Crippen LogP contribution in [0.2, 0.25) is 0 Å². The molecule has 10 nitrogen and oxygen atoms in total. The number of nitrogens with one attached hydrogen (secondary N) is 2. The highest BCUT2D eigenvalue weighted by molar-refractivity contribution is 14.0. The second-order valence-corrected chi connectivity index (χ2v) is 7.16. The maximum atomic E-state index is 12.0. The van der Waals surface area contributed by atoms with Crippen LogP contribution < -0.4 is 15.4 Å². The predicted molar refractivity (Wildman–Crippen MR) is 131 cm³/mol. The summed E-state index contributed by atoms with van der Waals surface area (Å²) >= 11 is 0. The van der Waals surface area contributed by atoms with E-state index in [4.69, 9.17) is 14.2 Å². The summed E-state index contributed by atoms with van der Waals surface area (Å²) in [6.45, 7) is 4.29. The monoisotopic (exact) mass is 558 g/mol. The molecule has 0 saturated heterocycles. The normalized spacial score (nSPS) is 15.4. The van der Waals surface area contributed by atoms with E-state index in [0.29, 0.717) is 42.8 Å². The van der Waals surface area contributed by atoms with Crippen molar-refractivity contribution in [2.45, 2.75) is 45.5 Å². The van der Waals surface area contributed by atoms with Crippen molar-refractivity contribution in [3.05, 3.63) is 41.0 Å². The van der Waals surface area contributed by atoms with Crippen molar-refractivity contribution in [3.63, 3.8) is 0 Å². The number of aromatic nitrogens is 3. The Morgan fingerprint density at radius 1 is 1.31 bits per heavy atom. The summed E-state index contributed by atoms with van der Waals surface area (Å²) in [6, 6.07) is 5.57. The number of hydrogen-bond acceptors (Lipinski definition) is 7. The van der Waals surface area contributed by atoms with Gasteiger partial charge in [0.1, 0.15) is 23.7 Å². The van der Waals surface area contributed by atoms with E-state index in [1.165, 1.54) is 14.2 Å². The van der Waals surface area contributed by atoms with Crippen LogP contribution in [0.1, 0.15) is 40.9 Å². The zero-order valence-electron chi connectivity index (χ0n) is 18.9. The molecule has 2 aromatic rings. The van der Waals surface area contributed by atoms with E-state index in [9.17, 15) is 4.79 Å². The molecule has 0 aliphatic carbocycles. The van der Waals surface area contributed by atoms with Gasteiger partial charge in [-0.05, 0) is 31.0 Å². The standard InChI is InChI=1S/C21H30N6O4.HI/c1-5-22-21(23-11-14-6-8-17(30-3)16(10-14)20(28)31-4)24-15-7-9-19-25-18(13-29-2)26-27(19)12-15;/h6,8,10,15H,5,7,9,11-13H2,1-4H3,(H2,22,23,24);1H. The molecule has 1 aromatic heterocycles. The number of benzene rings is 1. The summed E-state index contributed by atoms with van der Waals surface area (Å²) in [7, 11) is 4.51. The molecular formula is C21H31IN6O4. The first-order valence-corrected chi connectivity index (χ1v) is 10.3. The summed E-state index contributed by atoms with van der Waals surface area (Å²) < 4.78 is 17.2. The van der Waals surface area contributed by atoms with Gasteiger partial charge >= 0.3 is 5.97 Å². The second-order valence-electron chi connectivity index (χ2n) is 7.16. The highest BCUT2D eigenvalue weighted by Crippen LogP contribution is 2.21. The molecule has 11 heteroatoms. The Balaban J connectivity index is 0.00000363. The van der Waals surface area contributed by atoms with E-state index in [1.54, 1.807) is 19.2 Å². The van der Waals surface area contributed by atoms with Gasteiger partial charge in [-0.2, -0.15) is 5.10 Å². The van der Waals surface area contributed by atoms with E-state index in [2.05, 4.69) is 25.7 Å². The minimum atomic E-state index is -0.439. The largest absolute Gasteiger partial charge is 0.496 e. The van der Waals surface area contributed by atoms with Gasteiger partial charge in [0, 0.05) is 26.1 Å². The number of fused-ring (bicyclic) bond motifs is 1. The number of guanidine groups is 1. The summed E-state index contributed by atoms with van der Waals surface area (Å²) in [4.78, 5) is 21.2. The van der Waals surface area contributed by atoms with E-state index in [1.807, 2.05) is 17.7 Å². The van der Waals surface area contributed by atoms with Crippen LogP contribution >= 0.6 is 24.0 Å². The van der Waals surface area contributed by atoms with Gasteiger partial charge in [0.05, 0.1) is 27.3 Å². The number of carbonyl (C=O) groups is 1. The predicted octanol–water partition coefficient (Wildman–Crippen LogP) is 1.91. The van der Waals surface area contributed by atoms with Gasteiger partial charge in [0.25, 0.3) is 0 Å². The number of nitrogens with zero attached hydrogens (tertiary/aromatic N) is 4. The average Bonchev–Trinajstić information content (AvgIpc) is 3.18. The maximum Gasteiger partial charge on any atom is 0.341 e. The van der Waals surface area contributed by atoms with Crippen molar-refractivity contribution in [3.8, 4) is 5.75 Å². The lowest BCUT2D eigenvalue weighted by Crippen LogP contribution is -2.47. The quantitative estimate of drug-likeness (QED) is 0.219. The number of methoxy groups -OCH3 is 3. The van der Waals surface area contributed by atoms with Gasteiger partial charge in [-0.3, -0.25) is 0 Å². The van der Waals surface area contributed by atoms with Crippen molar-refractivity contribution in [2.24, 2.45) is 4.99 Å². The Labute approximate surface area is 205 Å². The van der Waals surface area contributed by atoms with Crippen LogP contribution in [0.5, 0.6) is 5.75 Å². The van der Waals surface area contributed by atoms with Crippen LogP contribution in [-0.4, -0.2) is 60.6 Å². The third kappa shape index (κ3) is 6.55. The molecule has 0 bridgehead atoms. The molecule has 1 atom stereocenters. The van der Waals surface area contributed by atoms with Gasteiger partial charge in [0.15, 0.2) is 11.8 Å². The number of hydrogen-bond donors (Lipinski definition) is 2. The first kappa shape index (κ1) is 25.8. The van der Waals surface area contributed by atoms with Crippen LogP contribution in [0.4, 0.5) is 0 Å². The fraction of sp³-hybridized carbons (Fsp3) is 0.524. The lowest BCUT2D eigenvalue weighted by atomic mass is 10.1. The Kier molecular flexibility index (Phi) is 10.2. The van der Waals surface area contributed by atoms with Crippen molar-refractivity contribution >= 4 is 35.9 Å². The molecule has 0 amide bonds. The Hall–Kier alpha value is -2.41. The number of aryl methyl sites for hydroxylation is 1. The van der Waals surface area contributed by atoms with Crippen LogP contribution in [0, 0.1) is 0 Å². The zero-order valence-corrected chi connectivity index (χ0v) is 21.2. The molecule has 0 radical (unpaired) electrons. The SMILES string of the molecule is CCNC(=NCc1ccc(OC)c(C(=O)OC)c1)NC1CCc2nc(COC)nn2C1.I. The first-order valence-electron chi connectivity index (χ1n) is 10.3. The number of aliphatic imine (C=N–C) groups is 1. The van der Waals surface area contributed by atoms with Crippen LogP contribution in [0.3, 0.4) is 0 Å². The molecule has 1 aromatic carbocycles. The smallest absolute Gasteiger partial charge is 0.341 e. The van der Waals surface area contributed by atoms with E-state index in [0.717, 1.165) is 30.8 Å². The summed E-state index contributed by atoms with van der Waals surface area (Å²) in [5.41, 5.74) is 1.26. The number of rotatable bonds is 8.